The van der Waals surface area contributed by atoms with Gasteiger partial charge in [-0.25, -0.2) is 0 Å². The maximum atomic E-state index is 12.6. The number of ether oxygens (including phenoxy) is 1. The monoisotopic (exact) mass is 267 g/mol. The lowest BCUT2D eigenvalue weighted by atomic mass is 9.90. The number of rotatable bonds is 3. The van der Waals surface area contributed by atoms with E-state index in [0.29, 0.717) is 5.57 Å². The Morgan fingerprint density at radius 1 is 1.25 bits per heavy atom. The molecule has 3 rings (SSSR count). The first-order valence-corrected chi connectivity index (χ1v) is 6.31. The van der Waals surface area contributed by atoms with Crippen LogP contribution in [0, 0.1) is 0 Å². The summed E-state index contributed by atoms with van der Waals surface area (Å²) in [6.45, 7) is 0. The van der Waals surface area contributed by atoms with Gasteiger partial charge in [0, 0.05) is 11.1 Å². The Balaban J connectivity index is 2.07. The van der Waals surface area contributed by atoms with Gasteiger partial charge < -0.3 is 10.5 Å². The number of carbonyl (C=O) groups is 2. The van der Waals surface area contributed by atoms with Crippen LogP contribution in [0.25, 0.3) is 0 Å². The van der Waals surface area contributed by atoms with E-state index in [1.165, 1.54) is 6.26 Å². The van der Waals surface area contributed by atoms with Crippen molar-refractivity contribution in [2.75, 3.05) is 0 Å². The molecule has 1 aliphatic carbocycles. The van der Waals surface area contributed by atoms with Crippen molar-refractivity contribution in [1.29, 1.82) is 0 Å². The standard InChI is InChI=1S/C16H13NO3/c17-14(18)8-12-11-6-7-20-9-13(11)15(16(12)19)10-4-2-1-3-5-10/h1-7,9,15H,8H2,(H2,17,18). The van der Waals surface area contributed by atoms with Crippen LogP contribution in [0.5, 0.6) is 0 Å². The molecule has 20 heavy (non-hydrogen) atoms. The van der Waals surface area contributed by atoms with Crippen LogP contribution in [0.3, 0.4) is 0 Å². The maximum absolute atomic E-state index is 12.6. The molecule has 0 aromatic heterocycles. The number of ketones is 1. The van der Waals surface area contributed by atoms with E-state index in [1.54, 1.807) is 12.3 Å². The SMILES string of the molecule is NC(=O)CC1=C2C=COC=C2C(c2ccccc2)C1=O. The number of carbonyl (C=O) groups excluding carboxylic acids is 2. The highest BCUT2D eigenvalue weighted by Crippen LogP contribution is 2.43. The summed E-state index contributed by atoms with van der Waals surface area (Å²) in [5.41, 5.74) is 8.15. The van der Waals surface area contributed by atoms with Gasteiger partial charge in [0.05, 0.1) is 24.9 Å². The van der Waals surface area contributed by atoms with Gasteiger partial charge in [0.25, 0.3) is 0 Å². The fourth-order valence-electron chi connectivity index (χ4n) is 2.66. The van der Waals surface area contributed by atoms with Gasteiger partial charge in [0.2, 0.25) is 5.91 Å². The summed E-state index contributed by atoms with van der Waals surface area (Å²) in [5, 5.41) is 0. The molecule has 4 heteroatoms. The van der Waals surface area contributed by atoms with E-state index in [-0.39, 0.29) is 12.2 Å². The molecule has 1 aromatic carbocycles. The fraction of sp³-hybridized carbons (Fsp3) is 0.125. The van der Waals surface area contributed by atoms with Gasteiger partial charge in [0.1, 0.15) is 0 Å². The molecule has 2 N–H and O–H groups in total. The van der Waals surface area contributed by atoms with Crippen LogP contribution < -0.4 is 5.73 Å². The number of hydrogen-bond acceptors (Lipinski definition) is 3. The molecule has 1 unspecified atom stereocenters. The Morgan fingerprint density at radius 2 is 2.00 bits per heavy atom. The molecule has 0 radical (unpaired) electrons. The van der Waals surface area contributed by atoms with Gasteiger partial charge in [-0.3, -0.25) is 9.59 Å². The third-order valence-corrected chi connectivity index (χ3v) is 3.50. The molecular weight excluding hydrogens is 254 g/mol. The molecule has 1 amide bonds. The maximum Gasteiger partial charge on any atom is 0.221 e. The Hall–Kier alpha value is -2.62. The highest BCUT2D eigenvalue weighted by Gasteiger charge is 2.38. The largest absolute Gasteiger partial charge is 0.472 e. The first-order valence-electron chi connectivity index (χ1n) is 6.31. The Morgan fingerprint density at radius 3 is 2.70 bits per heavy atom. The van der Waals surface area contributed by atoms with Gasteiger partial charge in [-0.15, -0.1) is 0 Å². The minimum Gasteiger partial charge on any atom is -0.472 e. The first-order chi connectivity index (χ1) is 9.68. The lowest BCUT2D eigenvalue weighted by molar-refractivity contribution is -0.120. The van der Waals surface area contributed by atoms with E-state index in [0.717, 1.165) is 16.7 Å². The molecule has 0 saturated heterocycles. The summed E-state index contributed by atoms with van der Waals surface area (Å²) < 4.78 is 5.19. The molecule has 0 saturated carbocycles. The molecule has 0 fully saturated rings. The number of allylic oxidation sites excluding steroid dienone is 3. The van der Waals surface area contributed by atoms with Crippen molar-refractivity contribution in [3.8, 4) is 0 Å². The van der Waals surface area contributed by atoms with E-state index in [1.807, 2.05) is 30.3 Å². The van der Waals surface area contributed by atoms with E-state index in [2.05, 4.69) is 0 Å². The first kappa shape index (κ1) is 12.4. The normalized spacial score (nSPS) is 20.5. The average molecular weight is 267 g/mol. The molecule has 0 spiro atoms. The second kappa shape index (κ2) is 4.81. The summed E-state index contributed by atoms with van der Waals surface area (Å²) in [6.07, 6.45) is 4.74. The molecule has 4 nitrogen and oxygen atoms in total. The predicted molar refractivity (Wildman–Crippen MR) is 73.3 cm³/mol. The zero-order valence-corrected chi connectivity index (χ0v) is 10.7. The van der Waals surface area contributed by atoms with Gasteiger partial charge in [-0.2, -0.15) is 0 Å². The van der Waals surface area contributed by atoms with E-state index >= 15 is 0 Å². The molecule has 1 heterocycles. The van der Waals surface area contributed by atoms with Gasteiger partial charge in [0.15, 0.2) is 5.78 Å². The van der Waals surface area contributed by atoms with Crippen molar-refractivity contribution < 1.29 is 14.3 Å². The zero-order valence-electron chi connectivity index (χ0n) is 10.7. The lowest BCUT2D eigenvalue weighted by Gasteiger charge is -2.14. The van der Waals surface area contributed by atoms with E-state index in [9.17, 15) is 9.59 Å². The summed E-state index contributed by atoms with van der Waals surface area (Å²) in [6, 6.07) is 9.45. The number of primary amides is 1. The van der Waals surface area contributed by atoms with Crippen molar-refractivity contribution in [2.45, 2.75) is 12.3 Å². The molecule has 1 aliphatic heterocycles. The van der Waals surface area contributed by atoms with Crippen LogP contribution in [0.2, 0.25) is 0 Å². The average Bonchev–Trinajstić information content (AvgIpc) is 2.72. The third-order valence-electron chi connectivity index (χ3n) is 3.50. The number of Topliss-reactive ketones (excluding diaryl/α,β-unsaturated/α-hetero) is 1. The molecule has 0 bridgehead atoms. The smallest absolute Gasteiger partial charge is 0.221 e. The molecule has 1 aromatic rings. The molecule has 2 aliphatic rings. The summed E-state index contributed by atoms with van der Waals surface area (Å²) in [5.74, 6) is -0.995. The number of benzene rings is 1. The second-order valence-electron chi connectivity index (χ2n) is 4.76. The van der Waals surface area contributed by atoms with Crippen molar-refractivity contribution >= 4 is 11.7 Å². The number of nitrogens with two attached hydrogens (primary N) is 1. The number of hydrogen-bond donors (Lipinski definition) is 1. The van der Waals surface area contributed by atoms with Crippen molar-refractivity contribution in [1.82, 2.24) is 0 Å². The summed E-state index contributed by atoms with van der Waals surface area (Å²) >= 11 is 0. The van der Waals surface area contributed by atoms with Crippen LogP contribution in [-0.4, -0.2) is 11.7 Å². The van der Waals surface area contributed by atoms with Crippen molar-refractivity contribution in [3.63, 3.8) is 0 Å². The van der Waals surface area contributed by atoms with Crippen LogP contribution in [0.1, 0.15) is 17.9 Å². The fourth-order valence-corrected chi connectivity index (χ4v) is 2.66. The van der Waals surface area contributed by atoms with Crippen molar-refractivity contribution in [2.24, 2.45) is 5.73 Å². The predicted octanol–water partition coefficient (Wildman–Crippen LogP) is 1.95. The van der Waals surface area contributed by atoms with Crippen LogP contribution in [-0.2, 0) is 14.3 Å². The van der Waals surface area contributed by atoms with Gasteiger partial charge in [-0.1, -0.05) is 30.3 Å². The molecule has 1 atom stereocenters. The highest BCUT2D eigenvalue weighted by atomic mass is 16.5. The second-order valence-corrected chi connectivity index (χ2v) is 4.76. The van der Waals surface area contributed by atoms with Crippen molar-refractivity contribution in [3.05, 3.63) is 71.2 Å². The number of amides is 1. The lowest BCUT2D eigenvalue weighted by Crippen LogP contribution is -2.16. The van der Waals surface area contributed by atoms with Crippen LogP contribution >= 0.6 is 0 Å². The third kappa shape index (κ3) is 1.95. The Kier molecular flexibility index (Phi) is 2.99. The minimum atomic E-state index is -0.506. The topological polar surface area (TPSA) is 69.4 Å². The minimum absolute atomic E-state index is 0.0425. The van der Waals surface area contributed by atoms with E-state index < -0.39 is 11.8 Å². The van der Waals surface area contributed by atoms with Crippen LogP contribution in [0.4, 0.5) is 0 Å². The summed E-state index contributed by atoms with van der Waals surface area (Å²) in [4.78, 5) is 23.8. The number of fused-ring (bicyclic) bond motifs is 1. The Labute approximate surface area is 116 Å². The molecular formula is C16H13NO3. The molecule has 100 valence electrons. The Bertz CT molecular complexity index is 668. The van der Waals surface area contributed by atoms with Gasteiger partial charge >= 0.3 is 0 Å². The quantitative estimate of drug-likeness (QED) is 0.910. The van der Waals surface area contributed by atoms with E-state index in [4.69, 9.17) is 10.5 Å². The summed E-state index contributed by atoms with van der Waals surface area (Å²) in [7, 11) is 0. The van der Waals surface area contributed by atoms with Crippen LogP contribution in [0.15, 0.2) is 65.7 Å². The highest BCUT2D eigenvalue weighted by molar-refractivity contribution is 6.11. The van der Waals surface area contributed by atoms with Gasteiger partial charge in [-0.05, 0) is 17.2 Å². The zero-order chi connectivity index (χ0) is 14.1.